The van der Waals surface area contributed by atoms with Gasteiger partial charge >= 0.3 is 6.03 Å². The lowest BCUT2D eigenvalue weighted by Gasteiger charge is -2.40. The molecule has 0 aliphatic carbocycles. The Kier molecular flexibility index (Phi) is 6.54. The third kappa shape index (κ3) is 4.87. The molecule has 4 aromatic rings. The molecule has 6 nitrogen and oxygen atoms in total. The van der Waals surface area contributed by atoms with Crippen molar-refractivity contribution in [1.29, 1.82) is 0 Å². The van der Waals surface area contributed by atoms with Crippen LogP contribution in [0.15, 0.2) is 108 Å². The van der Waals surface area contributed by atoms with Gasteiger partial charge in [-0.15, -0.1) is 0 Å². The number of benzene rings is 4. The molecule has 2 amide bonds. The molecule has 3 heterocycles. The van der Waals surface area contributed by atoms with Crippen LogP contribution in [0.1, 0.15) is 35.1 Å². The summed E-state index contributed by atoms with van der Waals surface area (Å²) in [6.45, 7) is 4.40. The molecule has 1 saturated heterocycles. The Labute approximate surface area is 235 Å². The predicted octanol–water partition coefficient (Wildman–Crippen LogP) is 6.80. The van der Waals surface area contributed by atoms with Gasteiger partial charge in [0.25, 0.3) is 0 Å². The molecular formula is C34H33N5O. The van der Waals surface area contributed by atoms with E-state index in [1.807, 2.05) is 29.2 Å². The van der Waals surface area contributed by atoms with Gasteiger partial charge in [-0.05, 0) is 53.8 Å². The lowest BCUT2D eigenvalue weighted by Crippen LogP contribution is -2.50. The molecule has 1 fully saturated rings. The van der Waals surface area contributed by atoms with Crippen LogP contribution in [0.2, 0.25) is 0 Å². The number of hydrogen-bond donors (Lipinski definition) is 1. The highest BCUT2D eigenvalue weighted by Gasteiger charge is 2.31. The van der Waals surface area contributed by atoms with Crippen molar-refractivity contribution in [2.24, 2.45) is 4.99 Å². The Morgan fingerprint density at radius 2 is 1.45 bits per heavy atom. The maximum atomic E-state index is 12.8. The SMILES string of the molecule is O=C1Nc2ccccc2CN1C1CCN(Cc2ccc(N3Cc4ccccc4N=C3c3ccccc3)cc2)CC1. The van der Waals surface area contributed by atoms with Gasteiger partial charge in [0, 0.05) is 49.2 Å². The maximum Gasteiger partial charge on any atom is 0.322 e. The lowest BCUT2D eigenvalue weighted by atomic mass is 10.0. The standard InChI is InChI=1S/C34H33N5O/c40-34-36-32-13-7-5-11-28(32)24-39(34)30-18-20-37(21-19-30)22-25-14-16-29(17-15-25)38-23-27-10-4-6-12-31(27)35-33(38)26-8-2-1-3-9-26/h1-17,30H,18-24H2,(H,36,40). The fourth-order valence-electron chi connectivity index (χ4n) is 6.14. The predicted molar refractivity (Wildman–Crippen MR) is 161 cm³/mol. The minimum atomic E-state index is 0.0338. The smallest absolute Gasteiger partial charge is 0.321 e. The van der Waals surface area contributed by atoms with Gasteiger partial charge in [0.2, 0.25) is 0 Å². The summed E-state index contributed by atoms with van der Waals surface area (Å²) in [5.41, 5.74) is 8.00. The van der Waals surface area contributed by atoms with Crippen molar-refractivity contribution in [3.05, 3.63) is 125 Å². The molecule has 3 aliphatic heterocycles. The van der Waals surface area contributed by atoms with Gasteiger partial charge in [-0.3, -0.25) is 4.90 Å². The van der Waals surface area contributed by atoms with E-state index in [0.717, 1.165) is 67.5 Å². The molecule has 0 unspecified atom stereocenters. The van der Waals surface area contributed by atoms with Crippen LogP contribution >= 0.6 is 0 Å². The second kappa shape index (κ2) is 10.6. The minimum Gasteiger partial charge on any atom is -0.321 e. The number of piperidine rings is 1. The number of para-hydroxylation sites is 2. The van der Waals surface area contributed by atoms with E-state index in [9.17, 15) is 4.79 Å². The zero-order valence-electron chi connectivity index (χ0n) is 22.5. The Balaban J connectivity index is 1.01. The van der Waals surface area contributed by atoms with Gasteiger partial charge in [-0.1, -0.05) is 78.9 Å². The first kappa shape index (κ1) is 24.6. The topological polar surface area (TPSA) is 51.2 Å². The zero-order chi connectivity index (χ0) is 26.9. The van der Waals surface area contributed by atoms with E-state index in [2.05, 4.69) is 94.0 Å². The number of carbonyl (C=O) groups is 1. The van der Waals surface area contributed by atoms with Crippen LogP contribution in [-0.2, 0) is 19.6 Å². The van der Waals surface area contributed by atoms with Crippen molar-refractivity contribution in [2.45, 2.75) is 38.5 Å². The molecule has 40 heavy (non-hydrogen) atoms. The average molecular weight is 528 g/mol. The van der Waals surface area contributed by atoms with Gasteiger partial charge in [-0.2, -0.15) is 0 Å². The normalized spacial score (nSPS) is 17.6. The molecular weight excluding hydrogens is 494 g/mol. The Bertz CT molecular complexity index is 1540. The number of amides is 2. The second-order valence-electron chi connectivity index (χ2n) is 10.9. The minimum absolute atomic E-state index is 0.0338. The Morgan fingerprint density at radius 1 is 0.750 bits per heavy atom. The number of anilines is 2. The van der Waals surface area contributed by atoms with Crippen molar-refractivity contribution < 1.29 is 4.79 Å². The second-order valence-corrected chi connectivity index (χ2v) is 10.9. The third-order valence-corrected chi connectivity index (χ3v) is 8.35. The van der Waals surface area contributed by atoms with Crippen molar-refractivity contribution in [1.82, 2.24) is 9.80 Å². The van der Waals surface area contributed by atoms with Gasteiger partial charge in [0.15, 0.2) is 0 Å². The van der Waals surface area contributed by atoms with E-state index >= 15 is 0 Å². The van der Waals surface area contributed by atoms with Gasteiger partial charge in [0.1, 0.15) is 5.84 Å². The summed E-state index contributed by atoms with van der Waals surface area (Å²) in [6, 6.07) is 36.2. The third-order valence-electron chi connectivity index (χ3n) is 8.35. The van der Waals surface area contributed by atoms with E-state index in [1.54, 1.807) is 0 Å². The number of amidine groups is 1. The largest absolute Gasteiger partial charge is 0.322 e. The molecule has 0 atom stereocenters. The number of rotatable bonds is 5. The fourth-order valence-corrected chi connectivity index (χ4v) is 6.14. The highest BCUT2D eigenvalue weighted by molar-refractivity contribution is 6.12. The molecule has 6 heteroatoms. The number of hydrogen-bond acceptors (Lipinski definition) is 4. The van der Waals surface area contributed by atoms with Crippen molar-refractivity contribution in [3.63, 3.8) is 0 Å². The van der Waals surface area contributed by atoms with Crippen LogP contribution < -0.4 is 10.2 Å². The number of nitrogens with zero attached hydrogens (tertiary/aromatic N) is 4. The number of fused-ring (bicyclic) bond motifs is 2. The van der Waals surface area contributed by atoms with Crippen LogP contribution in [0.25, 0.3) is 0 Å². The highest BCUT2D eigenvalue weighted by Crippen LogP contribution is 2.32. The van der Waals surface area contributed by atoms with E-state index < -0.39 is 0 Å². The van der Waals surface area contributed by atoms with Gasteiger partial charge in [0.05, 0.1) is 12.2 Å². The molecule has 3 aliphatic rings. The summed E-state index contributed by atoms with van der Waals surface area (Å²) >= 11 is 0. The summed E-state index contributed by atoms with van der Waals surface area (Å²) < 4.78 is 0. The highest BCUT2D eigenvalue weighted by atomic mass is 16.2. The first-order valence-electron chi connectivity index (χ1n) is 14.2. The fraction of sp³-hybridized carbons (Fsp3) is 0.235. The van der Waals surface area contributed by atoms with Gasteiger partial charge < -0.3 is 15.1 Å². The summed E-state index contributed by atoms with van der Waals surface area (Å²) in [4.78, 5) is 24.7. The van der Waals surface area contributed by atoms with Crippen LogP contribution in [-0.4, -0.2) is 40.8 Å². The number of urea groups is 1. The molecule has 4 aromatic carbocycles. The molecule has 0 bridgehead atoms. The van der Waals surface area contributed by atoms with Gasteiger partial charge in [-0.25, -0.2) is 9.79 Å². The van der Waals surface area contributed by atoms with E-state index in [0.29, 0.717) is 6.54 Å². The number of carbonyl (C=O) groups excluding carboxylic acids is 1. The maximum absolute atomic E-state index is 12.8. The molecule has 1 N–H and O–H groups in total. The summed E-state index contributed by atoms with van der Waals surface area (Å²) in [6.07, 6.45) is 2.00. The van der Waals surface area contributed by atoms with Crippen LogP contribution in [0, 0.1) is 0 Å². The van der Waals surface area contributed by atoms with E-state index in [1.165, 1.54) is 16.7 Å². The molecule has 0 aromatic heterocycles. The lowest BCUT2D eigenvalue weighted by molar-refractivity contribution is 0.118. The number of nitrogens with one attached hydrogen (secondary N) is 1. The average Bonchev–Trinajstić information content (AvgIpc) is 3.01. The molecule has 0 spiro atoms. The Hall–Kier alpha value is -4.42. The summed E-state index contributed by atoms with van der Waals surface area (Å²) in [5, 5.41) is 3.07. The summed E-state index contributed by atoms with van der Waals surface area (Å²) in [7, 11) is 0. The quantitative estimate of drug-likeness (QED) is 0.311. The van der Waals surface area contributed by atoms with Crippen LogP contribution in [0.4, 0.5) is 21.9 Å². The summed E-state index contributed by atoms with van der Waals surface area (Å²) in [5.74, 6) is 0.985. The van der Waals surface area contributed by atoms with Crippen molar-refractivity contribution in [3.8, 4) is 0 Å². The van der Waals surface area contributed by atoms with Crippen molar-refractivity contribution in [2.75, 3.05) is 23.3 Å². The first-order valence-corrected chi connectivity index (χ1v) is 14.2. The van der Waals surface area contributed by atoms with Crippen molar-refractivity contribution >= 4 is 28.9 Å². The molecule has 0 radical (unpaired) electrons. The van der Waals surface area contributed by atoms with E-state index in [4.69, 9.17) is 4.99 Å². The number of likely N-dealkylation sites (tertiary alicyclic amines) is 1. The number of aliphatic imine (C=N–C) groups is 1. The monoisotopic (exact) mass is 527 g/mol. The van der Waals surface area contributed by atoms with E-state index in [-0.39, 0.29) is 12.1 Å². The Morgan fingerprint density at radius 3 is 2.25 bits per heavy atom. The molecule has 200 valence electrons. The van der Waals surface area contributed by atoms with Crippen LogP contribution in [0.3, 0.4) is 0 Å². The van der Waals surface area contributed by atoms with Crippen LogP contribution in [0.5, 0.6) is 0 Å². The zero-order valence-corrected chi connectivity index (χ0v) is 22.5. The molecule has 7 rings (SSSR count). The molecule has 0 saturated carbocycles. The first-order chi connectivity index (χ1) is 19.7.